The van der Waals surface area contributed by atoms with Crippen molar-refractivity contribution >= 4 is 34.2 Å². The molecular formula is C7H6INO2. The Hall–Kier alpha value is -0.780. The number of aromatic carboxylic acids is 1. The van der Waals surface area contributed by atoms with E-state index < -0.39 is 5.97 Å². The molecule has 3 N–H and O–H groups in total. The first-order valence-electron chi connectivity index (χ1n) is 2.90. The Bertz CT molecular complexity index is 278. The van der Waals surface area contributed by atoms with Gasteiger partial charge in [0.1, 0.15) is 0 Å². The van der Waals surface area contributed by atoms with Crippen molar-refractivity contribution in [2.45, 2.75) is 0 Å². The molecule has 0 spiro atoms. The van der Waals surface area contributed by atoms with E-state index >= 15 is 0 Å². The molecule has 0 aliphatic rings. The Morgan fingerprint density at radius 2 is 2.18 bits per heavy atom. The van der Waals surface area contributed by atoms with E-state index in [0.29, 0.717) is 9.26 Å². The first kappa shape index (κ1) is 8.32. The number of nitrogens with two attached hydrogens (primary N) is 1. The summed E-state index contributed by atoms with van der Waals surface area (Å²) in [5.74, 6) is -0.979. The number of rotatable bonds is 1. The highest BCUT2D eigenvalue weighted by Crippen LogP contribution is 2.18. The molecule has 0 aromatic heterocycles. The van der Waals surface area contributed by atoms with E-state index in [4.69, 9.17) is 10.8 Å². The molecule has 0 bridgehead atoms. The predicted octanol–water partition coefficient (Wildman–Crippen LogP) is 1.57. The number of anilines is 1. The second kappa shape index (κ2) is 3.08. The standard InChI is InChI=1S/C7H6INO2/c8-4-2-1-3-5(9)6(4)7(10)11/h1-3H,9H2,(H,10,11). The van der Waals surface area contributed by atoms with Crippen LogP contribution in [0.3, 0.4) is 0 Å². The summed E-state index contributed by atoms with van der Waals surface area (Å²) in [6, 6.07) is 5.01. The lowest BCUT2D eigenvalue weighted by molar-refractivity contribution is 0.0697. The summed E-state index contributed by atoms with van der Waals surface area (Å²) in [5.41, 5.74) is 5.93. The summed E-state index contributed by atoms with van der Waals surface area (Å²) < 4.78 is 0.662. The summed E-state index contributed by atoms with van der Waals surface area (Å²) >= 11 is 1.94. The average molecular weight is 263 g/mol. The van der Waals surface area contributed by atoms with Crippen LogP contribution < -0.4 is 5.73 Å². The molecule has 0 saturated carbocycles. The Labute approximate surface area is 77.4 Å². The van der Waals surface area contributed by atoms with Crippen molar-refractivity contribution in [1.82, 2.24) is 0 Å². The summed E-state index contributed by atoms with van der Waals surface area (Å²) in [6.45, 7) is 0. The molecule has 1 aromatic rings. The fourth-order valence-corrected chi connectivity index (χ4v) is 1.52. The molecule has 0 atom stereocenters. The predicted molar refractivity (Wildman–Crippen MR) is 50.5 cm³/mol. The Morgan fingerprint density at radius 1 is 1.55 bits per heavy atom. The van der Waals surface area contributed by atoms with E-state index in [9.17, 15) is 4.79 Å². The molecule has 58 valence electrons. The van der Waals surface area contributed by atoms with Gasteiger partial charge in [0.25, 0.3) is 0 Å². The van der Waals surface area contributed by atoms with Gasteiger partial charge in [-0.05, 0) is 34.7 Å². The number of nitrogen functional groups attached to an aromatic ring is 1. The summed E-state index contributed by atoms with van der Waals surface area (Å²) in [4.78, 5) is 10.6. The van der Waals surface area contributed by atoms with Crippen LogP contribution >= 0.6 is 22.6 Å². The quantitative estimate of drug-likeness (QED) is 0.597. The molecule has 0 amide bonds. The van der Waals surface area contributed by atoms with Gasteiger partial charge in [-0.2, -0.15) is 0 Å². The second-order valence-corrected chi connectivity index (χ2v) is 3.17. The van der Waals surface area contributed by atoms with E-state index in [0.717, 1.165) is 0 Å². The largest absolute Gasteiger partial charge is 0.478 e. The molecule has 0 heterocycles. The Morgan fingerprint density at radius 3 is 2.55 bits per heavy atom. The topological polar surface area (TPSA) is 63.3 Å². The molecule has 0 aliphatic carbocycles. The van der Waals surface area contributed by atoms with Crippen LogP contribution in [0.5, 0.6) is 0 Å². The number of carboxylic acids is 1. The molecule has 0 unspecified atom stereocenters. The highest BCUT2D eigenvalue weighted by atomic mass is 127. The molecule has 1 rings (SSSR count). The zero-order valence-corrected chi connectivity index (χ0v) is 7.70. The van der Waals surface area contributed by atoms with E-state index in [-0.39, 0.29) is 5.56 Å². The molecule has 0 radical (unpaired) electrons. The number of halogens is 1. The third kappa shape index (κ3) is 1.62. The minimum atomic E-state index is -0.979. The van der Waals surface area contributed by atoms with Gasteiger partial charge in [-0.3, -0.25) is 0 Å². The molecule has 0 fully saturated rings. The van der Waals surface area contributed by atoms with E-state index in [1.807, 2.05) is 22.6 Å². The van der Waals surface area contributed by atoms with Crippen molar-refractivity contribution < 1.29 is 9.90 Å². The zero-order chi connectivity index (χ0) is 8.43. The zero-order valence-electron chi connectivity index (χ0n) is 5.54. The summed E-state index contributed by atoms with van der Waals surface area (Å²) in [5, 5.41) is 8.66. The molecule has 11 heavy (non-hydrogen) atoms. The van der Waals surface area contributed by atoms with Gasteiger partial charge in [0.2, 0.25) is 0 Å². The van der Waals surface area contributed by atoms with Gasteiger partial charge in [0.15, 0.2) is 0 Å². The molecular weight excluding hydrogens is 257 g/mol. The van der Waals surface area contributed by atoms with Crippen LogP contribution in [0.15, 0.2) is 18.2 Å². The van der Waals surface area contributed by atoms with Crippen molar-refractivity contribution in [2.24, 2.45) is 0 Å². The van der Waals surface area contributed by atoms with E-state index in [1.54, 1.807) is 18.2 Å². The molecule has 0 aliphatic heterocycles. The number of hydrogen-bond acceptors (Lipinski definition) is 2. The Balaban J connectivity index is 3.32. The number of carbonyl (C=O) groups is 1. The van der Waals surface area contributed by atoms with Crippen LogP contribution in [0.25, 0.3) is 0 Å². The fraction of sp³-hybridized carbons (Fsp3) is 0. The molecule has 1 aromatic carbocycles. The van der Waals surface area contributed by atoms with Gasteiger partial charge in [-0.25, -0.2) is 4.79 Å². The Kier molecular flexibility index (Phi) is 2.33. The highest BCUT2D eigenvalue weighted by Gasteiger charge is 2.10. The van der Waals surface area contributed by atoms with Crippen LogP contribution in [0.4, 0.5) is 5.69 Å². The monoisotopic (exact) mass is 263 g/mol. The normalized spacial score (nSPS) is 9.55. The maximum absolute atomic E-state index is 10.6. The lowest BCUT2D eigenvalue weighted by Crippen LogP contribution is -2.04. The summed E-state index contributed by atoms with van der Waals surface area (Å²) in [7, 11) is 0. The van der Waals surface area contributed by atoms with Gasteiger partial charge in [-0.15, -0.1) is 0 Å². The van der Waals surface area contributed by atoms with E-state index in [1.165, 1.54) is 0 Å². The van der Waals surface area contributed by atoms with Gasteiger partial charge < -0.3 is 10.8 Å². The van der Waals surface area contributed by atoms with Crippen molar-refractivity contribution in [1.29, 1.82) is 0 Å². The van der Waals surface area contributed by atoms with Gasteiger partial charge in [0, 0.05) is 9.26 Å². The van der Waals surface area contributed by atoms with Crippen molar-refractivity contribution in [2.75, 3.05) is 5.73 Å². The molecule has 0 saturated heterocycles. The van der Waals surface area contributed by atoms with Crippen LogP contribution in [0.2, 0.25) is 0 Å². The molecule has 3 nitrogen and oxygen atoms in total. The second-order valence-electron chi connectivity index (χ2n) is 2.01. The number of benzene rings is 1. The fourth-order valence-electron chi connectivity index (χ4n) is 0.766. The average Bonchev–Trinajstić information content (AvgIpc) is 1.85. The van der Waals surface area contributed by atoms with Gasteiger partial charge in [-0.1, -0.05) is 6.07 Å². The van der Waals surface area contributed by atoms with Crippen molar-refractivity contribution in [3.63, 3.8) is 0 Å². The van der Waals surface area contributed by atoms with Gasteiger partial charge >= 0.3 is 5.97 Å². The third-order valence-corrected chi connectivity index (χ3v) is 2.16. The number of carboxylic acid groups (broad SMARTS) is 1. The highest BCUT2D eigenvalue weighted by molar-refractivity contribution is 14.1. The van der Waals surface area contributed by atoms with E-state index in [2.05, 4.69) is 0 Å². The van der Waals surface area contributed by atoms with Crippen molar-refractivity contribution in [3.8, 4) is 0 Å². The van der Waals surface area contributed by atoms with Gasteiger partial charge in [0.05, 0.1) is 5.56 Å². The van der Waals surface area contributed by atoms with Crippen LogP contribution in [0.1, 0.15) is 10.4 Å². The third-order valence-electron chi connectivity index (χ3n) is 1.26. The maximum Gasteiger partial charge on any atom is 0.338 e. The number of hydrogen-bond donors (Lipinski definition) is 2. The SMILES string of the molecule is Nc1cccc(I)c1C(=O)O. The van der Waals surface area contributed by atoms with Crippen LogP contribution in [-0.2, 0) is 0 Å². The first-order chi connectivity index (χ1) is 5.13. The minimum absolute atomic E-state index is 0.188. The first-order valence-corrected chi connectivity index (χ1v) is 3.98. The lowest BCUT2D eigenvalue weighted by Gasteiger charge is -2.01. The smallest absolute Gasteiger partial charge is 0.338 e. The van der Waals surface area contributed by atoms with Crippen LogP contribution in [-0.4, -0.2) is 11.1 Å². The molecule has 4 heteroatoms. The lowest BCUT2D eigenvalue weighted by atomic mass is 10.2. The minimum Gasteiger partial charge on any atom is -0.478 e. The summed E-state index contributed by atoms with van der Waals surface area (Å²) in [6.07, 6.45) is 0. The van der Waals surface area contributed by atoms with Crippen molar-refractivity contribution in [3.05, 3.63) is 27.3 Å². The van der Waals surface area contributed by atoms with Crippen LogP contribution in [0, 0.1) is 3.57 Å². The maximum atomic E-state index is 10.6.